The Morgan fingerprint density at radius 3 is 2.76 bits per heavy atom. The van der Waals surface area contributed by atoms with Crippen molar-refractivity contribution in [1.82, 2.24) is 14.9 Å². The Labute approximate surface area is 175 Å². The second-order valence-electron chi connectivity index (χ2n) is 6.74. The third-order valence-electron chi connectivity index (χ3n) is 4.76. The Morgan fingerprint density at radius 2 is 2.03 bits per heavy atom. The molecule has 8 heteroatoms. The van der Waals surface area contributed by atoms with Gasteiger partial charge in [0.2, 0.25) is 0 Å². The number of nitrogens with one attached hydrogen (secondary N) is 1. The van der Waals surface area contributed by atoms with Crippen molar-refractivity contribution < 1.29 is 9.18 Å². The number of nitrogens with zero attached hydrogens (tertiary/aromatic N) is 2. The number of halogens is 2. The lowest BCUT2D eigenvalue weighted by molar-refractivity contribution is 0.0940. The van der Waals surface area contributed by atoms with Gasteiger partial charge in [0.05, 0.1) is 6.04 Å². The Bertz CT molecular complexity index is 1150. The molecule has 0 saturated heterocycles. The molecule has 0 radical (unpaired) electrons. The van der Waals surface area contributed by atoms with Gasteiger partial charge in [0.25, 0.3) is 11.5 Å². The van der Waals surface area contributed by atoms with Crippen molar-refractivity contribution in [3.05, 3.63) is 92.1 Å². The van der Waals surface area contributed by atoms with E-state index in [1.165, 1.54) is 40.7 Å². The first-order valence-corrected chi connectivity index (χ1v) is 10.4. The second kappa shape index (κ2) is 8.00. The molecular formula is C21H17ClFN3O2S. The van der Waals surface area contributed by atoms with Gasteiger partial charge in [-0.3, -0.25) is 14.2 Å². The van der Waals surface area contributed by atoms with Crippen LogP contribution in [0.1, 0.15) is 33.1 Å². The molecule has 2 heterocycles. The summed E-state index contributed by atoms with van der Waals surface area (Å²) in [4.78, 5) is 29.9. The van der Waals surface area contributed by atoms with Crippen LogP contribution in [0.15, 0.2) is 58.6 Å². The van der Waals surface area contributed by atoms with E-state index in [1.807, 2.05) is 31.2 Å². The zero-order valence-corrected chi connectivity index (χ0v) is 17.1. The summed E-state index contributed by atoms with van der Waals surface area (Å²) in [6, 6.07) is 10.9. The summed E-state index contributed by atoms with van der Waals surface area (Å²) in [7, 11) is 0. The lowest BCUT2D eigenvalue weighted by atomic mass is 9.97. The summed E-state index contributed by atoms with van der Waals surface area (Å²) in [5.74, 6) is -0.267. The number of rotatable bonds is 4. The Morgan fingerprint density at radius 1 is 1.28 bits per heavy atom. The standard InChI is InChI=1S/C21H17ClFN3O2S/c1-12-2-4-13(5-3-12)18(15-7-6-14(23)10-17(15)22)25-19(27)16-11-24-21-26(20(16)28)8-9-29-21/h2-7,10-11,18H,8-9H2,1H3,(H,25,27). The highest BCUT2D eigenvalue weighted by Crippen LogP contribution is 2.29. The summed E-state index contributed by atoms with van der Waals surface area (Å²) in [6.07, 6.45) is 1.31. The van der Waals surface area contributed by atoms with Crippen molar-refractivity contribution in [1.29, 1.82) is 0 Å². The maximum Gasteiger partial charge on any atom is 0.267 e. The van der Waals surface area contributed by atoms with E-state index in [-0.39, 0.29) is 16.1 Å². The molecule has 1 aliphatic heterocycles. The second-order valence-corrected chi connectivity index (χ2v) is 8.21. The largest absolute Gasteiger partial charge is 0.341 e. The highest BCUT2D eigenvalue weighted by Gasteiger charge is 2.24. The molecule has 29 heavy (non-hydrogen) atoms. The molecule has 0 bridgehead atoms. The van der Waals surface area contributed by atoms with Gasteiger partial charge in [-0.2, -0.15) is 0 Å². The maximum absolute atomic E-state index is 13.5. The van der Waals surface area contributed by atoms with Gasteiger partial charge in [-0.1, -0.05) is 59.3 Å². The van der Waals surface area contributed by atoms with E-state index in [0.717, 1.165) is 16.9 Å². The number of carbonyl (C=O) groups is 1. The van der Waals surface area contributed by atoms with Crippen molar-refractivity contribution in [3.8, 4) is 0 Å². The van der Waals surface area contributed by atoms with E-state index in [1.54, 1.807) is 0 Å². The summed E-state index contributed by atoms with van der Waals surface area (Å²) in [5.41, 5.74) is 1.96. The molecule has 1 unspecified atom stereocenters. The molecule has 0 saturated carbocycles. The van der Waals surface area contributed by atoms with E-state index >= 15 is 0 Å². The van der Waals surface area contributed by atoms with E-state index in [4.69, 9.17) is 11.6 Å². The monoisotopic (exact) mass is 429 g/mol. The van der Waals surface area contributed by atoms with Crippen molar-refractivity contribution in [2.75, 3.05) is 5.75 Å². The third-order valence-corrected chi connectivity index (χ3v) is 6.06. The van der Waals surface area contributed by atoms with Gasteiger partial charge >= 0.3 is 0 Å². The van der Waals surface area contributed by atoms with Crippen molar-refractivity contribution in [2.45, 2.75) is 24.7 Å². The van der Waals surface area contributed by atoms with Crippen LogP contribution in [0, 0.1) is 12.7 Å². The van der Waals surface area contributed by atoms with Crippen LogP contribution in [0.25, 0.3) is 0 Å². The van der Waals surface area contributed by atoms with E-state index in [9.17, 15) is 14.0 Å². The SMILES string of the molecule is Cc1ccc(C(NC(=O)c2cnc3n(c2=O)CCS3)c2ccc(F)cc2Cl)cc1. The Kier molecular flexibility index (Phi) is 5.43. The topological polar surface area (TPSA) is 64.0 Å². The van der Waals surface area contributed by atoms with Gasteiger partial charge in [-0.25, -0.2) is 9.37 Å². The highest BCUT2D eigenvalue weighted by atomic mass is 35.5. The minimum absolute atomic E-state index is 0.0356. The zero-order valence-electron chi connectivity index (χ0n) is 15.5. The van der Waals surface area contributed by atoms with Crippen LogP contribution in [-0.4, -0.2) is 21.2 Å². The molecular weight excluding hydrogens is 413 g/mol. The average Bonchev–Trinajstić information content (AvgIpc) is 3.17. The number of benzene rings is 2. The van der Waals surface area contributed by atoms with Gasteiger partial charge in [0.1, 0.15) is 11.4 Å². The van der Waals surface area contributed by atoms with Crippen molar-refractivity contribution >= 4 is 29.3 Å². The number of amides is 1. The molecule has 1 N–H and O–H groups in total. The molecule has 0 spiro atoms. The van der Waals surface area contributed by atoms with Crippen LogP contribution in [0.2, 0.25) is 5.02 Å². The van der Waals surface area contributed by atoms with E-state index < -0.39 is 17.8 Å². The van der Waals surface area contributed by atoms with Crippen LogP contribution in [-0.2, 0) is 6.54 Å². The Balaban J connectivity index is 1.73. The molecule has 3 aromatic rings. The highest BCUT2D eigenvalue weighted by molar-refractivity contribution is 7.99. The van der Waals surface area contributed by atoms with Gasteiger partial charge in [0.15, 0.2) is 5.16 Å². The average molecular weight is 430 g/mol. The smallest absolute Gasteiger partial charge is 0.267 e. The summed E-state index contributed by atoms with van der Waals surface area (Å²) in [5, 5.41) is 3.68. The maximum atomic E-state index is 13.5. The van der Waals surface area contributed by atoms with Gasteiger partial charge in [0, 0.05) is 23.5 Å². The number of aromatic nitrogens is 2. The molecule has 1 atom stereocenters. The molecule has 5 nitrogen and oxygen atoms in total. The van der Waals surface area contributed by atoms with Crippen LogP contribution >= 0.6 is 23.4 Å². The molecule has 1 aromatic heterocycles. The molecule has 148 valence electrons. The first kappa shape index (κ1) is 19.7. The molecule has 1 aliphatic rings. The van der Waals surface area contributed by atoms with E-state index in [0.29, 0.717) is 17.3 Å². The minimum atomic E-state index is -0.650. The normalized spacial score (nSPS) is 13.8. The van der Waals surface area contributed by atoms with Crippen LogP contribution < -0.4 is 10.9 Å². The predicted molar refractivity (Wildman–Crippen MR) is 111 cm³/mol. The Hall–Kier alpha value is -2.64. The quantitative estimate of drug-likeness (QED) is 0.637. The van der Waals surface area contributed by atoms with Gasteiger partial charge in [-0.05, 0) is 30.2 Å². The summed E-state index contributed by atoms with van der Waals surface area (Å²) < 4.78 is 15.1. The van der Waals surface area contributed by atoms with Crippen molar-refractivity contribution in [2.24, 2.45) is 0 Å². The number of aryl methyl sites for hydroxylation is 1. The first-order valence-electron chi connectivity index (χ1n) is 8.99. The number of fused-ring (bicyclic) bond motifs is 1. The van der Waals surface area contributed by atoms with Crippen LogP contribution in [0.4, 0.5) is 4.39 Å². The van der Waals surface area contributed by atoms with Crippen LogP contribution in [0.5, 0.6) is 0 Å². The molecule has 2 aromatic carbocycles. The number of hydrogen-bond acceptors (Lipinski definition) is 4. The van der Waals surface area contributed by atoms with Crippen molar-refractivity contribution in [3.63, 3.8) is 0 Å². The summed E-state index contributed by atoms with van der Waals surface area (Å²) in [6.45, 7) is 2.48. The molecule has 0 fully saturated rings. The minimum Gasteiger partial charge on any atom is -0.341 e. The molecule has 0 aliphatic carbocycles. The number of thioether (sulfide) groups is 1. The fourth-order valence-electron chi connectivity index (χ4n) is 3.22. The lowest BCUT2D eigenvalue weighted by Gasteiger charge is -2.21. The van der Waals surface area contributed by atoms with Crippen LogP contribution in [0.3, 0.4) is 0 Å². The first-order chi connectivity index (χ1) is 13.9. The zero-order chi connectivity index (χ0) is 20.5. The molecule has 4 rings (SSSR count). The van der Waals surface area contributed by atoms with E-state index in [2.05, 4.69) is 10.3 Å². The fraction of sp³-hybridized carbons (Fsp3) is 0.190. The van der Waals surface area contributed by atoms with Gasteiger partial charge < -0.3 is 5.32 Å². The third kappa shape index (κ3) is 3.93. The number of carbonyl (C=O) groups excluding carboxylic acids is 1. The molecule has 1 amide bonds. The predicted octanol–water partition coefficient (Wildman–Crippen LogP) is 3.97. The lowest BCUT2D eigenvalue weighted by Crippen LogP contribution is -2.36. The van der Waals surface area contributed by atoms with Gasteiger partial charge in [-0.15, -0.1) is 0 Å². The number of hydrogen-bond donors (Lipinski definition) is 1. The fourth-order valence-corrected chi connectivity index (χ4v) is 4.41. The summed E-state index contributed by atoms with van der Waals surface area (Å²) >= 11 is 7.75.